The molecule has 2 aromatic carbocycles. The van der Waals surface area contributed by atoms with E-state index >= 15 is 0 Å². The summed E-state index contributed by atoms with van der Waals surface area (Å²) in [5.74, 6) is -0.708. The largest absolute Gasteiger partial charge is 0.306 e. The minimum atomic E-state index is -0.465. The summed E-state index contributed by atoms with van der Waals surface area (Å²) in [4.78, 5) is 0. The molecule has 112 valence electrons. The summed E-state index contributed by atoms with van der Waals surface area (Å²) >= 11 is 6.18. The van der Waals surface area contributed by atoms with Crippen LogP contribution in [0.1, 0.15) is 36.1 Å². The van der Waals surface area contributed by atoms with E-state index in [9.17, 15) is 8.78 Å². The topological polar surface area (TPSA) is 12.0 Å². The predicted octanol–water partition coefficient (Wildman–Crippen LogP) is 5.02. The number of nitrogens with one attached hydrogen (secondary N) is 1. The van der Waals surface area contributed by atoms with Crippen LogP contribution in [-0.2, 0) is 0 Å². The normalized spacial score (nSPS) is 12.4. The van der Waals surface area contributed by atoms with Crippen molar-refractivity contribution in [2.75, 3.05) is 6.54 Å². The molecule has 21 heavy (non-hydrogen) atoms. The van der Waals surface area contributed by atoms with Gasteiger partial charge in [0.05, 0.1) is 6.04 Å². The molecule has 0 aliphatic heterocycles. The van der Waals surface area contributed by atoms with E-state index in [1.54, 1.807) is 12.1 Å². The number of hydrogen-bond acceptors (Lipinski definition) is 1. The van der Waals surface area contributed by atoms with Crippen molar-refractivity contribution in [1.82, 2.24) is 5.32 Å². The van der Waals surface area contributed by atoms with Crippen molar-refractivity contribution in [3.05, 3.63) is 69.7 Å². The van der Waals surface area contributed by atoms with Gasteiger partial charge in [0.2, 0.25) is 0 Å². The molecule has 0 saturated carbocycles. The standard InChI is InChI=1S/C17H18ClF2N/c1-3-8-21-17(13-10-12(19)5-6-15(13)18)14-9-11(2)4-7-16(14)20/h4-7,9-10,17,21H,3,8H2,1-2H3. The van der Waals surface area contributed by atoms with Crippen LogP contribution in [0.4, 0.5) is 8.78 Å². The van der Waals surface area contributed by atoms with Crippen LogP contribution in [0.25, 0.3) is 0 Å². The van der Waals surface area contributed by atoms with Crippen LogP contribution in [-0.4, -0.2) is 6.54 Å². The summed E-state index contributed by atoms with van der Waals surface area (Å²) in [6.45, 7) is 4.60. The minimum absolute atomic E-state index is 0.325. The van der Waals surface area contributed by atoms with Gasteiger partial charge in [-0.25, -0.2) is 8.78 Å². The van der Waals surface area contributed by atoms with Gasteiger partial charge in [0.25, 0.3) is 0 Å². The van der Waals surface area contributed by atoms with E-state index in [1.807, 2.05) is 13.8 Å². The number of aryl methyl sites for hydroxylation is 1. The van der Waals surface area contributed by atoms with E-state index in [2.05, 4.69) is 5.32 Å². The van der Waals surface area contributed by atoms with Gasteiger partial charge in [0.1, 0.15) is 11.6 Å². The molecule has 0 fully saturated rings. The summed E-state index contributed by atoms with van der Waals surface area (Å²) in [5, 5.41) is 3.67. The van der Waals surface area contributed by atoms with E-state index < -0.39 is 6.04 Å². The van der Waals surface area contributed by atoms with E-state index in [0.717, 1.165) is 12.0 Å². The Morgan fingerprint density at radius 1 is 1.10 bits per heavy atom. The van der Waals surface area contributed by atoms with Crippen molar-refractivity contribution in [3.63, 3.8) is 0 Å². The highest BCUT2D eigenvalue weighted by molar-refractivity contribution is 6.31. The summed E-state index contributed by atoms with van der Waals surface area (Å²) in [6.07, 6.45) is 0.886. The fraction of sp³-hybridized carbons (Fsp3) is 0.294. The molecule has 2 rings (SSSR count). The number of hydrogen-bond donors (Lipinski definition) is 1. The highest BCUT2D eigenvalue weighted by atomic mass is 35.5. The Bertz CT molecular complexity index is 577. The number of benzene rings is 2. The molecule has 0 heterocycles. The zero-order valence-corrected chi connectivity index (χ0v) is 12.8. The fourth-order valence-corrected chi connectivity index (χ4v) is 2.52. The molecule has 0 aromatic heterocycles. The lowest BCUT2D eigenvalue weighted by Crippen LogP contribution is -2.24. The minimum Gasteiger partial charge on any atom is -0.306 e. The molecule has 0 amide bonds. The van der Waals surface area contributed by atoms with Crippen LogP contribution in [0, 0.1) is 18.6 Å². The van der Waals surface area contributed by atoms with Crippen LogP contribution in [0.3, 0.4) is 0 Å². The van der Waals surface area contributed by atoms with Gasteiger partial charge in [0, 0.05) is 10.6 Å². The molecule has 1 unspecified atom stereocenters. The molecule has 0 spiro atoms. The molecule has 0 aliphatic rings. The third-order valence-electron chi connectivity index (χ3n) is 3.33. The van der Waals surface area contributed by atoms with E-state index in [4.69, 9.17) is 11.6 Å². The second-order valence-corrected chi connectivity index (χ2v) is 5.49. The average molecular weight is 310 g/mol. The summed E-state index contributed by atoms with van der Waals surface area (Å²) < 4.78 is 27.7. The van der Waals surface area contributed by atoms with Crippen LogP contribution in [0.2, 0.25) is 5.02 Å². The fourth-order valence-electron chi connectivity index (χ4n) is 2.30. The highest BCUT2D eigenvalue weighted by Gasteiger charge is 2.20. The molecule has 0 radical (unpaired) electrons. The molecule has 0 saturated heterocycles. The lowest BCUT2D eigenvalue weighted by molar-refractivity contribution is 0.542. The maximum atomic E-state index is 14.2. The van der Waals surface area contributed by atoms with Gasteiger partial charge in [-0.1, -0.05) is 36.2 Å². The first-order valence-corrected chi connectivity index (χ1v) is 7.35. The highest BCUT2D eigenvalue weighted by Crippen LogP contribution is 2.31. The lowest BCUT2D eigenvalue weighted by atomic mass is 9.96. The first kappa shape index (κ1) is 15.9. The van der Waals surface area contributed by atoms with Crippen LogP contribution < -0.4 is 5.32 Å². The Morgan fingerprint density at radius 3 is 2.57 bits per heavy atom. The maximum Gasteiger partial charge on any atom is 0.128 e. The van der Waals surface area contributed by atoms with Crippen molar-refractivity contribution in [1.29, 1.82) is 0 Å². The quantitative estimate of drug-likeness (QED) is 0.818. The molecule has 1 nitrogen and oxygen atoms in total. The van der Waals surface area contributed by atoms with Crippen LogP contribution >= 0.6 is 11.6 Å². The Labute approximate surface area is 128 Å². The van der Waals surface area contributed by atoms with Gasteiger partial charge in [0.15, 0.2) is 0 Å². The number of halogens is 3. The van der Waals surface area contributed by atoms with Crippen molar-refractivity contribution in [2.45, 2.75) is 26.3 Å². The van der Waals surface area contributed by atoms with E-state index in [-0.39, 0.29) is 11.6 Å². The van der Waals surface area contributed by atoms with Gasteiger partial charge in [-0.05, 0) is 49.7 Å². The van der Waals surface area contributed by atoms with E-state index in [1.165, 1.54) is 24.3 Å². The Balaban J connectivity index is 2.52. The molecular formula is C17H18ClF2N. The zero-order valence-electron chi connectivity index (χ0n) is 12.1. The molecule has 2 aromatic rings. The zero-order chi connectivity index (χ0) is 15.4. The predicted molar refractivity (Wildman–Crippen MR) is 82.7 cm³/mol. The maximum absolute atomic E-state index is 14.2. The van der Waals surface area contributed by atoms with Gasteiger partial charge in [-0.3, -0.25) is 0 Å². The Morgan fingerprint density at radius 2 is 1.86 bits per heavy atom. The third-order valence-corrected chi connectivity index (χ3v) is 3.67. The van der Waals surface area contributed by atoms with Crippen LogP contribution in [0.15, 0.2) is 36.4 Å². The molecule has 0 aliphatic carbocycles. The Hall–Kier alpha value is -1.45. The molecule has 4 heteroatoms. The van der Waals surface area contributed by atoms with Crippen molar-refractivity contribution in [3.8, 4) is 0 Å². The van der Waals surface area contributed by atoms with Gasteiger partial charge in [-0.15, -0.1) is 0 Å². The van der Waals surface area contributed by atoms with Gasteiger partial charge >= 0.3 is 0 Å². The van der Waals surface area contributed by atoms with Crippen molar-refractivity contribution >= 4 is 11.6 Å². The monoisotopic (exact) mass is 309 g/mol. The van der Waals surface area contributed by atoms with Crippen molar-refractivity contribution in [2.24, 2.45) is 0 Å². The second kappa shape index (κ2) is 7.01. The smallest absolute Gasteiger partial charge is 0.128 e. The second-order valence-electron chi connectivity index (χ2n) is 5.08. The van der Waals surface area contributed by atoms with Crippen LogP contribution in [0.5, 0.6) is 0 Å². The first-order chi connectivity index (χ1) is 10.0. The van der Waals surface area contributed by atoms with Crippen molar-refractivity contribution < 1.29 is 8.78 Å². The van der Waals surface area contributed by atoms with Gasteiger partial charge < -0.3 is 5.32 Å². The first-order valence-electron chi connectivity index (χ1n) is 6.97. The lowest BCUT2D eigenvalue weighted by Gasteiger charge is -2.22. The number of rotatable bonds is 5. The Kier molecular flexibility index (Phi) is 5.32. The molecule has 1 N–H and O–H groups in total. The average Bonchev–Trinajstić information content (AvgIpc) is 2.46. The molecule has 1 atom stereocenters. The summed E-state index contributed by atoms with van der Waals surface area (Å²) in [7, 11) is 0. The summed E-state index contributed by atoms with van der Waals surface area (Å²) in [6, 6.07) is 8.60. The van der Waals surface area contributed by atoms with Gasteiger partial charge in [-0.2, -0.15) is 0 Å². The SMILES string of the molecule is CCCNC(c1cc(C)ccc1F)c1cc(F)ccc1Cl. The van der Waals surface area contributed by atoms with E-state index in [0.29, 0.717) is 22.7 Å². The summed E-state index contributed by atoms with van der Waals surface area (Å²) in [5.41, 5.74) is 1.98. The third kappa shape index (κ3) is 3.80. The molecular weight excluding hydrogens is 292 g/mol. The molecule has 0 bridgehead atoms.